The molecule has 0 aliphatic heterocycles. The maximum absolute atomic E-state index is 12.3. The zero-order valence-electron chi connectivity index (χ0n) is 7.43. The Hall–Kier alpha value is -1.39. The Labute approximate surface area is 78.8 Å². The number of Topliss-reactive ketones (excluding diaryl/α,β-unsaturated/α-hetero) is 1. The number of aromatic nitrogens is 1. The number of carbonyl (C=O) groups excluding carboxylic acids is 1. The molecule has 0 N–H and O–H groups in total. The van der Waals surface area contributed by atoms with Crippen molar-refractivity contribution in [3.8, 4) is 0 Å². The molecule has 1 aromatic rings. The standard InChI is InChI=1S/C9H8F3NO/c1-6(14)5-8-7(9(10,11)12)3-2-4-13-8/h2-4H,5H2,1H3. The number of alkyl halides is 3. The first-order valence-corrected chi connectivity index (χ1v) is 3.92. The fourth-order valence-corrected chi connectivity index (χ4v) is 1.07. The summed E-state index contributed by atoms with van der Waals surface area (Å²) in [4.78, 5) is 14.2. The second kappa shape index (κ2) is 3.77. The summed E-state index contributed by atoms with van der Waals surface area (Å²) in [6.07, 6.45) is -3.48. The summed E-state index contributed by atoms with van der Waals surface area (Å²) in [5.74, 6) is -0.339. The van der Waals surface area contributed by atoms with E-state index in [4.69, 9.17) is 0 Å². The Balaban J connectivity index is 3.10. The Kier molecular flexibility index (Phi) is 2.88. The molecule has 0 unspecified atom stereocenters. The molecule has 0 saturated heterocycles. The first-order valence-electron chi connectivity index (χ1n) is 3.92. The maximum atomic E-state index is 12.3. The molecule has 14 heavy (non-hydrogen) atoms. The molecule has 0 amide bonds. The topological polar surface area (TPSA) is 30.0 Å². The lowest BCUT2D eigenvalue weighted by atomic mass is 10.1. The van der Waals surface area contributed by atoms with Gasteiger partial charge < -0.3 is 0 Å². The van der Waals surface area contributed by atoms with Gasteiger partial charge in [-0.1, -0.05) is 0 Å². The van der Waals surface area contributed by atoms with Crippen molar-refractivity contribution in [2.75, 3.05) is 0 Å². The van der Waals surface area contributed by atoms with Gasteiger partial charge in [-0.05, 0) is 19.1 Å². The molecule has 0 bridgehead atoms. The van der Waals surface area contributed by atoms with Crippen molar-refractivity contribution in [2.45, 2.75) is 19.5 Å². The van der Waals surface area contributed by atoms with Gasteiger partial charge in [-0.15, -0.1) is 0 Å². The second-order valence-electron chi connectivity index (χ2n) is 2.87. The van der Waals surface area contributed by atoms with Crippen LogP contribution in [0.25, 0.3) is 0 Å². The van der Waals surface area contributed by atoms with Crippen LogP contribution < -0.4 is 0 Å². The number of hydrogen-bond acceptors (Lipinski definition) is 2. The predicted octanol–water partition coefficient (Wildman–Crippen LogP) is 2.23. The Morgan fingerprint density at radius 3 is 2.64 bits per heavy atom. The van der Waals surface area contributed by atoms with Crippen molar-refractivity contribution in [1.29, 1.82) is 0 Å². The number of carbonyl (C=O) groups is 1. The van der Waals surface area contributed by atoms with Crippen LogP contribution in [0.5, 0.6) is 0 Å². The molecule has 76 valence electrons. The summed E-state index contributed by atoms with van der Waals surface area (Å²) < 4.78 is 37.0. The number of halogens is 3. The average molecular weight is 203 g/mol. The van der Waals surface area contributed by atoms with Gasteiger partial charge in [-0.3, -0.25) is 9.78 Å². The number of rotatable bonds is 2. The largest absolute Gasteiger partial charge is 0.418 e. The average Bonchev–Trinajstić information content (AvgIpc) is 2.01. The first-order chi connectivity index (χ1) is 6.41. The zero-order chi connectivity index (χ0) is 10.8. The summed E-state index contributed by atoms with van der Waals surface area (Å²) in [6.45, 7) is 1.23. The van der Waals surface area contributed by atoms with Gasteiger partial charge in [-0.25, -0.2) is 0 Å². The van der Waals surface area contributed by atoms with Gasteiger partial charge in [-0.2, -0.15) is 13.2 Å². The Morgan fingerprint density at radius 2 is 2.14 bits per heavy atom. The number of nitrogens with zero attached hydrogens (tertiary/aromatic N) is 1. The molecule has 1 heterocycles. The fourth-order valence-electron chi connectivity index (χ4n) is 1.07. The molecular formula is C9H8F3NO. The van der Waals surface area contributed by atoms with Crippen LogP contribution in [0.3, 0.4) is 0 Å². The van der Waals surface area contributed by atoms with Gasteiger partial charge in [0.25, 0.3) is 0 Å². The van der Waals surface area contributed by atoms with Crippen LogP contribution in [0.2, 0.25) is 0 Å². The fraction of sp³-hybridized carbons (Fsp3) is 0.333. The molecule has 1 rings (SSSR count). The van der Waals surface area contributed by atoms with Crippen molar-refractivity contribution >= 4 is 5.78 Å². The predicted molar refractivity (Wildman–Crippen MR) is 43.6 cm³/mol. The maximum Gasteiger partial charge on any atom is 0.418 e. The minimum absolute atomic E-state index is 0.215. The van der Waals surface area contributed by atoms with Gasteiger partial charge >= 0.3 is 6.18 Å². The zero-order valence-corrected chi connectivity index (χ0v) is 7.43. The number of pyridine rings is 1. The highest BCUT2D eigenvalue weighted by molar-refractivity contribution is 5.78. The molecular weight excluding hydrogens is 195 g/mol. The molecule has 0 atom stereocenters. The van der Waals surface area contributed by atoms with Crippen LogP contribution in [0.15, 0.2) is 18.3 Å². The summed E-state index contributed by atoms with van der Waals surface area (Å²) in [6, 6.07) is 2.12. The van der Waals surface area contributed by atoms with Crippen molar-refractivity contribution < 1.29 is 18.0 Å². The van der Waals surface area contributed by atoms with Crippen molar-refractivity contribution in [2.24, 2.45) is 0 Å². The van der Waals surface area contributed by atoms with Gasteiger partial charge in [0.05, 0.1) is 11.3 Å². The van der Waals surface area contributed by atoms with Crippen LogP contribution >= 0.6 is 0 Å². The van der Waals surface area contributed by atoms with Crippen molar-refractivity contribution in [1.82, 2.24) is 4.98 Å². The smallest absolute Gasteiger partial charge is 0.300 e. The highest BCUT2D eigenvalue weighted by Crippen LogP contribution is 2.31. The SMILES string of the molecule is CC(=O)Cc1ncccc1C(F)(F)F. The Morgan fingerprint density at radius 1 is 1.50 bits per heavy atom. The molecule has 1 aromatic heterocycles. The van der Waals surface area contributed by atoms with Crippen molar-refractivity contribution in [3.63, 3.8) is 0 Å². The molecule has 0 aromatic carbocycles. The van der Waals surface area contributed by atoms with E-state index in [9.17, 15) is 18.0 Å². The third-order valence-corrected chi connectivity index (χ3v) is 1.61. The van der Waals surface area contributed by atoms with E-state index >= 15 is 0 Å². The van der Waals surface area contributed by atoms with Gasteiger partial charge in [0.15, 0.2) is 0 Å². The highest BCUT2D eigenvalue weighted by atomic mass is 19.4. The van der Waals surface area contributed by atoms with Crippen LogP contribution in [0, 0.1) is 0 Å². The van der Waals surface area contributed by atoms with E-state index in [-0.39, 0.29) is 17.9 Å². The van der Waals surface area contributed by atoms with Crippen LogP contribution in [0.4, 0.5) is 13.2 Å². The molecule has 0 fully saturated rings. The molecule has 0 aliphatic carbocycles. The van der Waals surface area contributed by atoms with Gasteiger partial charge in [0, 0.05) is 12.6 Å². The monoisotopic (exact) mass is 203 g/mol. The minimum atomic E-state index is -4.45. The molecule has 2 nitrogen and oxygen atoms in total. The van der Waals surface area contributed by atoms with E-state index < -0.39 is 11.7 Å². The molecule has 0 saturated carbocycles. The van der Waals surface area contributed by atoms with E-state index in [0.29, 0.717) is 0 Å². The van der Waals surface area contributed by atoms with Gasteiger partial charge in [0.1, 0.15) is 5.78 Å². The normalized spacial score (nSPS) is 11.4. The highest BCUT2D eigenvalue weighted by Gasteiger charge is 2.33. The van der Waals surface area contributed by atoms with E-state index in [1.54, 1.807) is 0 Å². The summed E-state index contributed by atoms with van der Waals surface area (Å²) in [5, 5.41) is 0. The Bertz CT molecular complexity index is 346. The van der Waals surface area contributed by atoms with E-state index in [2.05, 4.69) is 4.98 Å². The minimum Gasteiger partial charge on any atom is -0.300 e. The summed E-state index contributed by atoms with van der Waals surface area (Å²) in [5.41, 5.74) is -1.05. The van der Waals surface area contributed by atoms with Crippen LogP contribution in [-0.4, -0.2) is 10.8 Å². The lowest BCUT2D eigenvalue weighted by Crippen LogP contribution is -2.12. The molecule has 5 heteroatoms. The van der Waals surface area contributed by atoms with Gasteiger partial charge in [0.2, 0.25) is 0 Å². The second-order valence-corrected chi connectivity index (χ2v) is 2.87. The van der Waals surface area contributed by atoms with Crippen LogP contribution in [0.1, 0.15) is 18.2 Å². The molecule has 0 radical (unpaired) electrons. The first kappa shape index (κ1) is 10.7. The summed E-state index contributed by atoms with van der Waals surface area (Å²) in [7, 11) is 0. The third kappa shape index (κ3) is 2.55. The van der Waals surface area contributed by atoms with Crippen molar-refractivity contribution in [3.05, 3.63) is 29.6 Å². The molecule has 0 spiro atoms. The lowest BCUT2D eigenvalue weighted by molar-refractivity contribution is -0.138. The lowest BCUT2D eigenvalue weighted by Gasteiger charge is -2.09. The third-order valence-electron chi connectivity index (χ3n) is 1.61. The van der Waals surface area contributed by atoms with E-state index in [1.807, 2.05) is 0 Å². The molecule has 0 aliphatic rings. The number of hydrogen-bond donors (Lipinski definition) is 0. The number of ketones is 1. The summed E-state index contributed by atoms with van der Waals surface area (Å²) >= 11 is 0. The van der Waals surface area contributed by atoms with Crippen LogP contribution in [-0.2, 0) is 17.4 Å². The van der Waals surface area contributed by atoms with E-state index in [1.165, 1.54) is 19.2 Å². The quantitative estimate of drug-likeness (QED) is 0.737. The van der Waals surface area contributed by atoms with E-state index in [0.717, 1.165) is 6.07 Å².